The number of benzene rings is 2. The standard InChI is InChI=1S/C20H26N4O3/c1-13-11-15(19(21)22)3-5-17(13)26-9-7-25-8-10-27-18-6-4-16(20(23)24)12-14(18)2/h3-6,11-12H,7-10H2,1-2H3,(H3,21,22)(H3,23,24). The molecule has 0 saturated heterocycles. The van der Waals surface area contributed by atoms with Crippen LogP contribution in [0.25, 0.3) is 0 Å². The van der Waals surface area contributed by atoms with Crippen LogP contribution in [0.3, 0.4) is 0 Å². The summed E-state index contributed by atoms with van der Waals surface area (Å²) >= 11 is 0. The van der Waals surface area contributed by atoms with Crippen LogP contribution in [-0.4, -0.2) is 38.1 Å². The maximum atomic E-state index is 7.43. The molecule has 0 fully saturated rings. The largest absolute Gasteiger partial charge is 0.491 e. The number of hydrogen-bond acceptors (Lipinski definition) is 5. The minimum atomic E-state index is 0.0409. The lowest BCUT2D eigenvalue weighted by molar-refractivity contribution is 0.0761. The summed E-state index contributed by atoms with van der Waals surface area (Å²) < 4.78 is 16.9. The summed E-state index contributed by atoms with van der Waals surface area (Å²) in [6, 6.07) is 10.8. The molecule has 6 N–H and O–H groups in total. The SMILES string of the molecule is Cc1cc(C(=N)N)ccc1OCCOCCOc1ccc(C(=N)N)cc1C. The lowest BCUT2D eigenvalue weighted by Gasteiger charge is -2.12. The van der Waals surface area contributed by atoms with Crippen molar-refractivity contribution in [2.45, 2.75) is 13.8 Å². The lowest BCUT2D eigenvalue weighted by Crippen LogP contribution is -2.14. The molecule has 0 amide bonds. The van der Waals surface area contributed by atoms with E-state index >= 15 is 0 Å². The number of aryl methyl sites for hydroxylation is 2. The number of hydrogen-bond donors (Lipinski definition) is 4. The van der Waals surface area contributed by atoms with Crippen LogP contribution in [0.15, 0.2) is 36.4 Å². The van der Waals surface area contributed by atoms with Gasteiger partial charge in [0.15, 0.2) is 0 Å². The van der Waals surface area contributed by atoms with Crippen molar-refractivity contribution < 1.29 is 14.2 Å². The van der Waals surface area contributed by atoms with Crippen LogP contribution in [0, 0.1) is 24.7 Å². The van der Waals surface area contributed by atoms with E-state index in [2.05, 4.69) is 0 Å². The molecule has 7 nitrogen and oxygen atoms in total. The summed E-state index contributed by atoms with van der Waals surface area (Å²) in [6.45, 7) is 5.56. The molecule has 0 unspecified atom stereocenters. The first-order valence-electron chi connectivity index (χ1n) is 8.62. The molecule has 0 atom stereocenters. The Morgan fingerprint density at radius 1 is 0.741 bits per heavy atom. The van der Waals surface area contributed by atoms with Gasteiger partial charge in [-0.2, -0.15) is 0 Å². The quantitative estimate of drug-likeness (QED) is 0.290. The second-order valence-electron chi connectivity index (χ2n) is 6.10. The van der Waals surface area contributed by atoms with Crippen molar-refractivity contribution in [3.05, 3.63) is 58.7 Å². The van der Waals surface area contributed by atoms with Gasteiger partial charge in [0.25, 0.3) is 0 Å². The molecule has 0 bridgehead atoms. The molecular formula is C20H26N4O3. The van der Waals surface area contributed by atoms with E-state index in [0.717, 1.165) is 22.6 Å². The average Bonchev–Trinajstić information content (AvgIpc) is 2.62. The van der Waals surface area contributed by atoms with Crippen molar-refractivity contribution in [1.29, 1.82) is 10.8 Å². The molecule has 0 aliphatic carbocycles. The van der Waals surface area contributed by atoms with Gasteiger partial charge in [0.05, 0.1) is 13.2 Å². The first kappa shape index (κ1) is 20.3. The topological polar surface area (TPSA) is 127 Å². The van der Waals surface area contributed by atoms with E-state index in [1.54, 1.807) is 12.1 Å². The van der Waals surface area contributed by atoms with E-state index < -0.39 is 0 Å². The summed E-state index contributed by atoms with van der Waals surface area (Å²) in [5, 5.41) is 14.9. The van der Waals surface area contributed by atoms with Gasteiger partial charge in [-0.15, -0.1) is 0 Å². The van der Waals surface area contributed by atoms with Crippen LogP contribution in [-0.2, 0) is 4.74 Å². The van der Waals surface area contributed by atoms with E-state index in [1.807, 2.05) is 38.1 Å². The third kappa shape index (κ3) is 6.00. The molecule has 0 spiro atoms. The van der Waals surface area contributed by atoms with Crippen LogP contribution in [0.5, 0.6) is 11.5 Å². The van der Waals surface area contributed by atoms with Gasteiger partial charge in [0.2, 0.25) is 0 Å². The van der Waals surface area contributed by atoms with Gasteiger partial charge < -0.3 is 25.7 Å². The van der Waals surface area contributed by atoms with Gasteiger partial charge in [-0.1, -0.05) is 0 Å². The number of nitrogens with two attached hydrogens (primary N) is 2. The van der Waals surface area contributed by atoms with Gasteiger partial charge in [-0.05, 0) is 61.4 Å². The number of nitrogen functional groups attached to an aromatic ring is 2. The Balaban J connectivity index is 1.67. The van der Waals surface area contributed by atoms with Gasteiger partial charge in [0.1, 0.15) is 36.4 Å². The van der Waals surface area contributed by atoms with E-state index in [1.165, 1.54) is 0 Å². The third-order valence-electron chi connectivity index (χ3n) is 3.94. The molecule has 27 heavy (non-hydrogen) atoms. The average molecular weight is 370 g/mol. The van der Waals surface area contributed by atoms with Crippen molar-refractivity contribution >= 4 is 11.7 Å². The number of amidine groups is 2. The molecule has 0 radical (unpaired) electrons. The van der Waals surface area contributed by atoms with E-state index in [4.69, 9.17) is 36.5 Å². The Morgan fingerprint density at radius 3 is 1.48 bits per heavy atom. The Hall–Kier alpha value is -3.06. The van der Waals surface area contributed by atoms with Crippen LogP contribution in [0.1, 0.15) is 22.3 Å². The summed E-state index contributed by atoms with van der Waals surface area (Å²) in [5.74, 6) is 1.58. The minimum Gasteiger partial charge on any atom is -0.491 e. The monoisotopic (exact) mass is 370 g/mol. The van der Waals surface area contributed by atoms with E-state index in [0.29, 0.717) is 37.6 Å². The molecule has 0 aliphatic rings. The van der Waals surface area contributed by atoms with Gasteiger partial charge in [0, 0.05) is 11.1 Å². The first-order chi connectivity index (χ1) is 12.9. The third-order valence-corrected chi connectivity index (χ3v) is 3.94. The van der Waals surface area contributed by atoms with Gasteiger partial charge in [-0.3, -0.25) is 10.8 Å². The molecule has 144 valence electrons. The highest BCUT2D eigenvalue weighted by Gasteiger charge is 2.04. The summed E-state index contributed by atoms with van der Waals surface area (Å²) in [7, 11) is 0. The predicted molar refractivity (Wildman–Crippen MR) is 106 cm³/mol. The Morgan fingerprint density at radius 2 is 1.15 bits per heavy atom. The zero-order valence-corrected chi connectivity index (χ0v) is 15.7. The van der Waals surface area contributed by atoms with Crippen molar-refractivity contribution in [2.24, 2.45) is 11.5 Å². The summed E-state index contributed by atoms with van der Waals surface area (Å²) in [4.78, 5) is 0. The Kier molecular flexibility index (Phi) is 7.19. The maximum Gasteiger partial charge on any atom is 0.122 e. The second kappa shape index (κ2) is 9.59. The molecular weight excluding hydrogens is 344 g/mol. The fraction of sp³-hybridized carbons (Fsp3) is 0.300. The predicted octanol–water partition coefficient (Wildman–Crippen LogP) is 2.35. The normalized spacial score (nSPS) is 10.4. The highest BCUT2D eigenvalue weighted by Crippen LogP contribution is 2.19. The second-order valence-corrected chi connectivity index (χ2v) is 6.10. The highest BCUT2D eigenvalue weighted by molar-refractivity contribution is 5.95. The number of ether oxygens (including phenoxy) is 3. The minimum absolute atomic E-state index is 0.0409. The summed E-state index contributed by atoms with van der Waals surface area (Å²) in [6.07, 6.45) is 0. The molecule has 7 heteroatoms. The molecule has 2 aromatic rings. The molecule has 0 aromatic heterocycles. The van der Waals surface area contributed by atoms with Crippen molar-refractivity contribution in [2.75, 3.05) is 26.4 Å². The van der Waals surface area contributed by atoms with E-state index in [-0.39, 0.29) is 11.7 Å². The molecule has 2 rings (SSSR count). The smallest absolute Gasteiger partial charge is 0.122 e. The fourth-order valence-electron chi connectivity index (χ4n) is 2.48. The number of nitrogens with one attached hydrogen (secondary N) is 2. The maximum absolute atomic E-state index is 7.43. The molecule has 2 aromatic carbocycles. The molecule has 0 saturated carbocycles. The van der Waals surface area contributed by atoms with Crippen molar-refractivity contribution in [1.82, 2.24) is 0 Å². The van der Waals surface area contributed by atoms with Gasteiger partial charge >= 0.3 is 0 Å². The lowest BCUT2D eigenvalue weighted by atomic mass is 10.1. The van der Waals surface area contributed by atoms with Gasteiger partial charge in [-0.25, -0.2) is 0 Å². The number of rotatable bonds is 10. The van der Waals surface area contributed by atoms with Crippen LogP contribution in [0.4, 0.5) is 0 Å². The van der Waals surface area contributed by atoms with Crippen molar-refractivity contribution in [3.8, 4) is 11.5 Å². The van der Waals surface area contributed by atoms with E-state index in [9.17, 15) is 0 Å². The first-order valence-corrected chi connectivity index (χ1v) is 8.62. The summed E-state index contributed by atoms with van der Waals surface area (Å²) in [5.41, 5.74) is 14.2. The Bertz CT molecular complexity index is 753. The molecule has 0 aliphatic heterocycles. The fourth-order valence-corrected chi connectivity index (χ4v) is 2.48. The van der Waals surface area contributed by atoms with Crippen LogP contribution >= 0.6 is 0 Å². The zero-order chi connectivity index (χ0) is 19.8. The Labute approximate surface area is 159 Å². The van der Waals surface area contributed by atoms with Crippen molar-refractivity contribution in [3.63, 3.8) is 0 Å². The zero-order valence-electron chi connectivity index (χ0n) is 15.7. The van der Waals surface area contributed by atoms with Crippen LogP contribution in [0.2, 0.25) is 0 Å². The van der Waals surface area contributed by atoms with Crippen LogP contribution < -0.4 is 20.9 Å². The molecule has 0 heterocycles. The highest BCUT2D eigenvalue weighted by atomic mass is 16.5.